The molecule has 0 saturated carbocycles. The van der Waals surface area contributed by atoms with Crippen LogP contribution in [0.15, 0.2) is 24.3 Å². The Balaban J connectivity index is 2.34. The number of hydrogen-bond donors (Lipinski definition) is 3. The lowest BCUT2D eigenvalue weighted by molar-refractivity contribution is -0.138. The summed E-state index contributed by atoms with van der Waals surface area (Å²) in [6.45, 7) is 1.98. The quantitative estimate of drug-likeness (QED) is 0.689. The molecule has 0 amide bonds. The molecule has 19 heavy (non-hydrogen) atoms. The largest absolute Gasteiger partial charge is 0.481 e. The van der Waals surface area contributed by atoms with Gasteiger partial charge in [-0.2, -0.15) is 0 Å². The number of carbonyl (C=O) groups excluding carboxylic acids is 1. The number of ketones is 1. The van der Waals surface area contributed by atoms with E-state index in [9.17, 15) is 9.59 Å². The summed E-state index contributed by atoms with van der Waals surface area (Å²) in [7, 11) is 0. The van der Waals surface area contributed by atoms with Crippen LogP contribution in [0, 0.1) is 6.92 Å². The Labute approximate surface area is 117 Å². The van der Waals surface area contributed by atoms with Crippen LogP contribution in [0.1, 0.15) is 18.4 Å². The zero-order valence-corrected chi connectivity index (χ0v) is 11.4. The van der Waals surface area contributed by atoms with Gasteiger partial charge in [-0.05, 0) is 30.8 Å². The molecule has 0 aliphatic carbocycles. The Morgan fingerprint density at radius 2 is 1.95 bits per heavy atom. The molecule has 6 heteroatoms. The van der Waals surface area contributed by atoms with E-state index in [1.807, 2.05) is 31.2 Å². The highest BCUT2D eigenvalue weighted by atomic mass is 32.1. The minimum absolute atomic E-state index is 0.00924. The lowest BCUT2D eigenvalue weighted by Crippen LogP contribution is -2.33. The summed E-state index contributed by atoms with van der Waals surface area (Å²) in [6, 6.07) is 7.64. The van der Waals surface area contributed by atoms with E-state index in [0.717, 1.165) is 11.3 Å². The van der Waals surface area contributed by atoms with Gasteiger partial charge < -0.3 is 15.7 Å². The fourth-order valence-electron chi connectivity index (χ4n) is 1.39. The molecule has 0 aromatic heterocycles. The second-order valence-corrected chi connectivity index (χ2v) is 4.46. The van der Waals surface area contributed by atoms with Gasteiger partial charge >= 0.3 is 5.97 Å². The topological polar surface area (TPSA) is 78.4 Å². The van der Waals surface area contributed by atoms with E-state index >= 15 is 0 Å². The molecular formula is C13H16N2O3S. The van der Waals surface area contributed by atoms with Gasteiger partial charge in [-0.15, -0.1) is 0 Å². The molecule has 0 aliphatic rings. The molecule has 0 heterocycles. The van der Waals surface area contributed by atoms with Crippen molar-refractivity contribution in [3.63, 3.8) is 0 Å². The van der Waals surface area contributed by atoms with Gasteiger partial charge in [0.25, 0.3) is 0 Å². The summed E-state index contributed by atoms with van der Waals surface area (Å²) in [5.41, 5.74) is 1.92. The summed E-state index contributed by atoms with van der Waals surface area (Å²) < 4.78 is 0. The Bertz CT molecular complexity index is 489. The molecule has 0 atom stereocenters. The lowest BCUT2D eigenvalue weighted by atomic mass is 10.2. The molecular weight excluding hydrogens is 264 g/mol. The first kappa shape index (κ1) is 15.1. The molecule has 102 valence electrons. The molecule has 1 aromatic rings. The van der Waals surface area contributed by atoms with Crippen LogP contribution < -0.4 is 10.6 Å². The lowest BCUT2D eigenvalue weighted by Gasteiger charge is -2.11. The first-order valence-electron chi connectivity index (χ1n) is 5.83. The Kier molecular flexibility index (Phi) is 5.95. The number of aryl methyl sites for hydroxylation is 1. The zero-order valence-electron chi connectivity index (χ0n) is 10.6. The number of thiocarbonyl (C=S) groups is 1. The van der Waals surface area contributed by atoms with Crippen molar-refractivity contribution in [2.75, 3.05) is 11.9 Å². The van der Waals surface area contributed by atoms with Gasteiger partial charge in [-0.25, -0.2) is 0 Å². The summed E-state index contributed by atoms with van der Waals surface area (Å²) >= 11 is 5.06. The van der Waals surface area contributed by atoms with Crippen molar-refractivity contribution in [3.05, 3.63) is 29.8 Å². The van der Waals surface area contributed by atoms with Gasteiger partial charge in [0.05, 0.1) is 13.0 Å². The molecule has 0 spiro atoms. The van der Waals surface area contributed by atoms with Crippen LogP contribution in [-0.2, 0) is 9.59 Å². The van der Waals surface area contributed by atoms with Crippen molar-refractivity contribution in [1.29, 1.82) is 0 Å². The highest BCUT2D eigenvalue weighted by Crippen LogP contribution is 2.12. The number of Topliss-reactive ketones (excluding diaryl/α,β-unsaturated/α-hetero) is 1. The summed E-state index contributed by atoms with van der Waals surface area (Å²) in [4.78, 5) is 21.7. The Hall–Kier alpha value is -1.95. The minimum atomic E-state index is -0.978. The highest BCUT2D eigenvalue weighted by molar-refractivity contribution is 7.80. The number of anilines is 1. The van der Waals surface area contributed by atoms with E-state index in [-0.39, 0.29) is 25.2 Å². The normalized spacial score (nSPS) is 9.74. The van der Waals surface area contributed by atoms with Gasteiger partial charge in [-0.1, -0.05) is 18.2 Å². The number of hydrogen-bond acceptors (Lipinski definition) is 3. The maximum Gasteiger partial charge on any atom is 0.303 e. The number of para-hydroxylation sites is 1. The fourth-order valence-corrected chi connectivity index (χ4v) is 1.58. The second-order valence-electron chi connectivity index (χ2n) is 4.06. The first-order valence-corrected chi connectivity index (χ1v) is 6.24. The fraction of sp³-hybridized carbons (Fsp3) is 0.308. The number of carbonyl (C=O) groups is 2. The van der Waals surface area contributed by atoms with Crippen LogP contribution in [-0.4, -0.2) is 28.5 Å². The molecule has 0 aliphatic heterocycles. The van der Waals surface area contributed by atoms with Crippen LogP contribution >= 0.6 is 12.2 Å². The predicted octanol–water partition coefficient (Wildman–Crippen LogP) is 1.72. The van der Waals surface area contributed by atoms with Gasteiger partial charge in [0.2, 0.25) is 0 Å². The van der Waals surface area contributed by atoms with E-state index in [1.54, 1.807) is 0 Å². The molecule has 5 nitrogen and oxygen atoms in total. The molecule has 0 fully saturated rings. The minimum Gasteiger partial charge on any atom is -0.481 e. The summed E-state index contributed by atoms with van der Waals surface area (Å²) in [6.07, 6.45) is -0.145. The van der Waals surface area contributed by atoms with Gasteiger partial charge in [0.15, 0.2) is 10.9 Å². The van der Waals surface area contributed by atoms with Crippen molar-refractivity contribution in [3.8, 4) is 0 Å². The molecule has 3 N–H and O–H groups in total. The van der Waals surface area contributed by atoms with Crippen LogP contribution in [0.4, 0.5) is 5.69 Å². The standard InChI is InChI=1S/C13H16N2O3S/c1-9-4-2-3-5-11(9)15-13(19)14-8-10(16)6-7-12(17)18/h2-5H,6-8H2,1H3,(H,17,18)(H2,14,15,19). The number of carboxylic acids is 1. The first-order chi connectivity index (χ1) is 8.99. The number of rotatable bonds is 6. The third-order valence-electron chi connectivity index (χ3n) is 2.46. The highest BCUT2D eigenvalue weighted by Gasteiger charge is 2.06. The average Bonchev–Trinajstić information content (AvgIpc) is 2.36. The Morgan fingerprint density at radius 3 is 2.58 bits per heavy atom. The molecule has 0 radical (unpaired) electrons. The molecule has 1 aromatic carbocycles. The number of nitrogens with one attached hydrogen (secondary N) is 2. The number of aliphatic carboxylic acids is 1. The van der Waals surface area contributed by atoms with Crippen molar-refractivity contribution in [2.45, 2.75) is 19.8 Å². The van der Waals surface area contributed by atoms with Gasteiger partial charge in [-0.3, -0.25) is 9.59 Å². The maximum atomic E-state index is 11.4. The predicted molar refractivity (Wildman–Crippen MR) is 77.3 cm³/mol. The van der Waals surface area contributed by atoms with Crippen LogP contribution in [0.25, 0.3) is 0 Å². The van der Waals surface area contributed by atoms with E-state index < -0.39 is 5.97 Å². The van der Waals surface area contributed by atoms with Crippen LogP contribution in [0.5, 0.6) is 0 Å². The smallest absolute Gasteiger partial charge is 0.303 e. The molecule has 1 rings (SSSR count). The zero-order chi connectivity index (χ0) is 14.3. The van der Waals surface area contributed by atoms with Crippen molar-refractivity contribution >= 4 is 34.8 Å². The maximum absolute atomic E-state index is 11.4. The SMILES string of the molecule is Cc1ccccc1NC(=S)NCC(=O)CCC(=O)O. The van der Waals surface area contributed by atoms with Crippen molar-refractivity contribution in [2.24, 2.45) is 0 Å². The van der Waals surface area contributed by atoms with Crippen molar-refractivity contribution < 1.29 is 14.7 Å². The third-order valence-corrected chi connectivity index (χ3v) is 2.70. The number of benzene rings is 1. The van der Waals surface area contributed by atoms with E-state index in [4.69, 9.17) is 17.3 Å². The van der Waals surface area contributed by atoms with E-state index in [0.29, 0.717) is 5.11 Å². The van der Waals surface area contributed by atoms with E-state index in [2.05, 4.69) is 10.6 Å². The van der Waals surface area contributed by atoms with Crippen LogP contribution in [0.3, 0.4) is 0 Å². The van der Waals surface area contributed by atoms with Crippen molar-refractivity contribution in [1.82, 2.24) is 5.32 Å². The second kappa shape index (κ2) is 7.48. The monoisotopic (exact) mass is 280 g/mol. The molecule has 0 unspecified atom stereocenters. The molecule has 0 saturated heterocycles. The van der Waals surface area contributed by atoms with Crippen LogP contribution in [0.2, 0.25) is 0 Å². The van der Waals surface area contributed by atoms with E-state index in [1.165, 1.54) is 0 Å². The van der Waals surface area contributed by atoms with Gasteiger partial charge in [0.1, 0.15) is 0 Å². The Morgan fingerprint density at radius 1 is 1.26 bits per heavy atom. The third kappa shape index (κ3) is 5.96. The number of carboxylic acid groups (broad SMARTS) is 1. The summed E-state index contributed by atoms with van der Waals surface area (Å²) in [5.74, 6) is -1.16. The average molecular weight is 280 g/mol. The molecule has 0 bridgehead atoms. The summed E-state index contributed by atoms with van der Waals surface area (Å²) in [5, 5.41) is 14.5. The van der Waals surface area contributed by atoms with Gasteiger partial charge in [0, 0.05) is 12.1 Å².